The largest absolute Gasteiger partial charge is 0.480 e. The van der Waals surface area contributed by atoms with Crippen LogP contribution in [0, 0.1) is 5.92 Å². The van der Waals surface area contributed by atoms with Crippen molar-refractivity contribution in [1.29, 1.82) is 0 Å². The molecule has 39 heavy (non-hydrogen) atoms. The smallest absolute Gasteiger partial charge is 0.301 e. The van der Waals surface area contributed by atoms with Gasteiger partial charge in [-0.2, -0.15) is 4.98 Å². The first-order chi connectivity index (χ1) is 18.6. The Balaban J connectivity index is 1.34. The predicted molar refractivity (Wildman–Crippen MR) is 149 cm³/mol. The van der Waals surface area contributed by atoms with Gasteiger partial charge in [-0.1, -0.05) is 11.6 Å². The van der Waals surface area contributed by atoms with E-state index in [1.807, 2.05) is 0 Å². The van der Waals surface area contributed by atoms with E-state index in [-0.39, 0.29) is 11.7 Å². The first-order valence-corrected chi connectivity index (χ1v) is 13.7. The van der Waals surface area contributed by atoms with Crippen molar-refractivity contribution in [2.75, 3.05) is 48.3 Å². The zero-order valence-electron chi connectivity index (χ0n) is 22.2. The highest BCUT2D eigenvalue weighted by Gasteiger charge is 2.51. The van der Waals surface area contributed by atoms with Crippen LogP contribution in [0.25, 0.3) is 10.9 Å². The van der Waals surface area contributed by atoms with Crippen molar-refractivity contribution in [3.8, 4) is 5.75 Å². The van der Waals surface area contributed by atoms with E-state index in [9.17, 15) is 13.6 Å². The molecule has 3 aromatic rings. The van der Waals surface area contributed by atoms with Gasteiger partial charge in [0.05, 0.1) is 23.4 Å². The molecule has 2 fully saturated rings. The maximum atomic E-state index is 14.9. The van der Waals surface area contributed by atoms with Gasteiger partial charge >= 0.3 is 5.92 Å². The molecule has 0 unspecified atom stereocenters. The molecule has 9 nitrogen and oxygen atoms in total. The van der Waals surface area contributed by atoms with Crippen LogP contribution in [-0.4, -0.2) is 70.2 Å². The molecule has 4 heterocycles. The topological polar surface area (TPSA) is 87.5 Å². The number of ether oxygens (including phenoxy) is 1. The third-order valence-electron chi connectivity index (χ3n) is 7.93. The second-order valence-corrected chi connectivity index (χ2v) is 11.3. The van der Waals surface area contributed by atoms with E-state index < -0.39 is 24.1 Å². The number of nitrogens with zero attached hydrogens (tertiary/aromatic N) is 5. The number of aryl methyl sites for hydroxylation is 1. The molecule has 2 aliphatic heterocycles. The summed E-state index contributed by atoms with van der Waals surface area (Å²) in [4.78, 5) is 26.7. The Morgan fingerprint density at radius 3 is 2.64 bits per heavy atom. The van der Waals surface area contributed by atoms with Gasteiger partial charge < -0.3 is 24.8 Å². The second-order valence-electron chi connectivity index (χ2n) is 10.9. The molecule has 1 saturated carbocycles. The van der Waals surface area contributed by atoms with Gasteiger partial charge in [-0.25, -0.2) is 13.8 Å². The van der Waals surface area contributed by atoms with E-state index in [4.69, 9.17) is 21.3 Å². The maximum Gasteiger partial charge on any atom is 0.301 e. The van der Waals surface area contributed by atoms with Gasteiger partial charge in [0.15, 0.2) is 12.4 Å². The van der Waals surface area contributed by atoms with Crippen molar-refractivity contribution in [3.05, 3.63) is 39.8 Å². The molecule has 6 rings (SSSR count). The van der Waals surface area contributed by atoms with Crippen LogP contribution in [0.3, 0.4) is 0 Å². The molecule has 0 radical (unpaired) electrons. The van der Waals surface area contributed by atoms with Crippen molar-refractivity contribution in [3.63, 3.8) is 0 Å². The lowest BCUT2D eigenvalue weighted by molar-refractivity contribution is -0.0579. The summed E-state index contributed by atoms with van der Waals surface area (Å²) in [6, 6.07) is 4.77. The molecule has 1 saturated heterocycles. The highest BCUT2D eigenvalue weighted by atomic mass is 35.5. The minimum absolute atomic E-state index is 0.0899. The number of hydrogen-bond acceptors (Lipinski definition) is 8. The van der Waals surface area contributed by atoms with Crippen molar-refractivity contribution < 1.29 is 13.5 Å². The van der Waals surface area contributed by atoms with Gasteiger partial charge in [0.25, 0.3) is 5.56 Å². The van der Waals surface area contributed by atoms with Crippen LogP contribution in [0.5, 0.6) is 5.75 Å². The summed E-state index contributed by atoms with van der Waals surface area (Å²) in [5.74, 6) is -2.32. The van der Waals surface area contributed by atoms with Crippen LogP contribution in [0.1, 0.15) is 26.7 Å². The van der Waals surface area contributed by atoms with Gasteiger partial charge in [-0.3, -0.25) is 9.69 Å². The van der Waals surface area contributed by atoms with Crippen LogP contribution >= 0.6 is 11.6 Å². The van der Waals surface area contributed by atoms with E-state index >= 15 is 0 Å². The number of fused-ring (bicyclic) bond motifs is 3. The van der Waals surface area contributed by atoms with Crippen molar-refractivity contribution in [2.24, 2.45) is 13.0 Å². The van der Waals surface area contributed by atoms with Gasteiger partial charge in [0, 0.05) is 50.3 Å². The van der Waals surface area contributed by atoms with Gasteiger partial charge in [0.1, 0.15) is 5.02 Å². The summed E-state index contributed by atoms with van der Waals surface area (Å²) < 4.78 is 36.7. The number of rotatable bonds is 5. The fourth-order valence-corrected chi connectivity index (χ4v) is 5.60. The number of piperazine rings is 1. The highest BCUT2D eigenvalue weighted by Crippen LogP contribution is 2.45. The lowest BCUT2D eigenvalue weighted by Crippen LogP contribution is -2.49. The molecular formula is C27H32ClF2N7O2. The third kappa shape index (κ3) is 4.86. The molecule has 0 bridgehead atoms. The highest BCUT2D eigenvalue weighted by molar-refractivity contribution is 6.32. The Morgan fingerprint density at radius 1 is 1.21 bits per heavy atom. The quantitative estimate of drug-likeness (QED) is 0.473. The van der Waals surface area contributed by atoms with E-state index in [2.05, 4.69) is 39.3 Å². The normalized spacial score (nSPS) is 21.3. The number of pyridine rings is 1. The minimum Gasteiger partial charge on any atom is -0.480 e. The number of alkyl halides is 2. The molecule has 1 atom stereocenters. The van der Waals surface area contributed by atoms with Crippen LogP contribution in [0.4, 0.5) is 31.9 Å². The van der Waals surface area contributed by atoms with Crippen molar-refractivity contribution in [2.45, 2.75) is 44.7 Å². The number of hydrogen-bond donors (Lipinski definition) is 2. The standard InChI is InChI=1S/C27H32ClF2N7O2/c1-15(2)36-8-10-37(11-9-36)26-31-13-19(28)24(34-26)32-17-6-7-20-18(12-17)21-22(25(38)35(20)3)39-14-27(29,30)23(33-21)16-4-5-16/h6-7,12-13,15-16,23,33H,4-5,8-11,14H2,1-3H3,(H,31,32,34)/t23-/m0/s1. The van der Waals surface area contributed by atoms with Gasteiger partial charge in [-0.05, 0) is 50.8 Å². The molecule has 2 N–H and O–H groups in total. The average Bonchev–Trinajstić information content (AvgIpc) is 3.76. The van der Waals surface area contributed by atoms with E-state index in [0.29, 0.717) is 45.1 Å². The fourth-order valence-electron chi connectivity index (χ4n) is 5.46. The van der Waals surface area contributed by atoms with Crippen LogP contribution in [0.2, 0.25) is 5.02 Å². The van der Waals surface area contributed by atoms with Gasteiger partial charge in [-0.15, -0.1) is 0 Å². The molecule has 12 heteroatoms. The molecular weight excluding hydrogens is 528 g/mol. The lowest BCUT2D eigenvalue weighted by Gasteiger charge is -2.36. The Bertz CT molecular complexity index is 1470. The lowest BCUT2D eigenvalue weighted by atomic mass is 10.0. The first-order valence-electron chi connectivity index (χ1n) is 13.3. The Kier molecular flexibility index (Phi) is 6.53. The molecule has 0 spiro atoms. The fraction of sp³-hybridized carbons (Fsp3) is 0.519. The summed E-state index contributed by atoms with van der Waals surface area (Å²) >= 11 is 6.47. The third-order valence-corrected chi connectivity index (χ3v) is 8.21. The molecule has 2 aromatic heterocycles. The summed E-state index contributed by atoms with van der Waals surface area (Å²) in [6.45, 7) is 7.03. The number of benzene rings is 1. The Hall–Kier alpha value is -3.18. The monoisotopic (exact) mass is 559 g/mol. The van der Waals surface area contributed by atoms with Crippen LogP contribution in [-0.2, 0) is 7.05 Å². The number of aromatic nitrogens is 3. The molecule has 0 amide bonds. The van der Waals surface area contributed by atoms with Crippen LogP contribution < -0.4 is 25.8 Å². The molecule has 3 aliphatic rings. The minimum atomic E-state index is -3.10. The summed E-state index contributed by atoms with van der Waals surface area (Å²) in [7, 11) is 1.61. The second kappa shape index (κ2) is 9.78. The van der Waals surface area contributed by atoms with E-state index in [1.54, 1.807) is 31.4 Å². The number of anilines is 4. The van der Waals surface area contributed by atoms with Crippen molar-refractivity contribution in [1.82, 2.24) is 19.4 Å². The summed E-state index contributed by atoms with van der Waals surface area (Å²) in [5.41, 5.74) is 1.07. The number of nitrogens with one attached hydrogen (secondary N) is 2. The zero-order valence-corrected chi connectivity index (χ0v) is 22.9. The average molecular weight is 560 g/mol. The van der Waals surface area contributed by atoms with E-state index in [1.165, 1.54) is 4.57 Å². The zero-order chi connectivity index (χ0) is 27.5. The van der Waals surface area contributed by atoms with Crippen LogP contribution in [0.15, 0.2) is 29.2 Å². The van der Waals surface area contributed by atoms with Gasteiger partial charge in [0.2, 0.25) is 11.7 Å². The molecule has 208 valence electrons. The molecule has 1 aliphatic carbocycles. The maximum absolute atomic E-state index is 14.9. The number of halogens is 3. The molecule has 1 aromatic carbocycles. The Morgan fingerprint density at radius 2 is 1.95 bits per heavy atom. The first kappa shape index (κ1) is 26.1. The van der Waals surface area contributed by atoms with Crippen molar-refractivity contribution >= 4 is 45.6 Å². The van der Waals surface area contributed by atoms with E-state index in [0.717, 1.165) is 39.0 Å². The summed E-state index contributed by atoms with van der Waals surface area (Å²) in [5, 5.41) is 7.22. The SMILES string of the molecule is CC(C)N1CCN(c2ncc(Cl)c(Nc3ccc4c(c3)c3c(c(=O)n4C)OCC(F)(F)[C@H](C4CC4)N3)n2)CC1. The predicted octanol–water partition coefficient (Wildman–Crippen LogP) is 4.47. The summed E-state index contributed by atoms with van der Waals surface area (Å²) in [6.07, 6.45) is 3.02. The Labute approximate surface area is 230 Å².